The van der Waals surface area contributed by atoms with Crippen LogP contribution in [-0.4, -0.2) is 14.5 Å². The molecule has 4 heteroatoms. The van der Waals surface area contributed by atoms with Gasteiger partial charge in [-0.15, -0.1) is 0 Å². The molecule has 2 heterocycles. The molecule has 2 rings (SSSR count). The number of imidazole rings is 1. The standard InChI is InChI=1S/C12H18N4/c1-12(2,3)6-10-15-9-5-8(13)7-14-11(9)16(10)4/h5,7H,6,13H2,1-4H3. The molecular weight excluding hydrogens is 200 g/mol. The maximum absolute atomic E-state index is 5.70. The lowest BCUT2D eigenvalue weighted by molar-refractivity contribution is 0.396. The van der Waals surface area contributed by atoms with Crippen molar-refractivity contribution in [3.05, 3.63) is 18.1 Å². The minimum atomic E-state index is 0.223. The summed E-state index contributed by atoms with van der Waals surface area (Å²) in [5.74, 6) is 1.06. The van der Waals surface area contributed by atoms with Crippen LogP contribution in [0, 0.1) is 5.41 Å². The average molecular weight is 218 g/mol. The maximum atomic E-state index is 5.70. The van der Waals surface area contributed by atoms with Crippen LogP contribution in [0.2, 0.25) is 0 Å². The predicted molar refractivity (Wildman–Crippen MR) is 66.1 cm³/mol. The summed E-state index contributed by atoms with van der Waals surface area (Å²) in [5, 5.41) is 0. The van der Waals surface area contributed by atoms with Gasteiger partial charge in [-0.25, -0.2) is 9.97 Å². The lowest BCUT2D eigenvalue weighted by Gasteiger charge is -2.17. The molecule has 86 valence electrons. The summed E-state index contributed by atoms with van der Waals surface area (Å²) < 4.78 is 2.04. The smallest absolute Gasteiger partial charge is 0.159 e. The number of nitrogens with two attached hydrogens (primary N) is 1. The van der Waals surface area contributed by atoms with Crippen molar-refractivity contribution >= 4 is 16.9 Å². The number of nitrogens with zero attached hydrogens (tertiary/aromatic N) is 3. The first-order valence-electron chi connectivity index (χ1n) is 5.44. The first kappa shape index (κ1) is 10.9. The summed E-state index contributed by atoms with van der Waals surface area (Å²) >= 11 is 0. The second-order valence-electron chi connectivity index (χ2n) is 5.44. The molecule has 0 bridgehead atoms. The van der Waals surface area contributed by atoms with E-state index < -0.39 is 0 Å². The molecule has 0 amide bonds. The van der Waals surface area contributed by atoms with Crippen molar-refractivity contribution in [2.24, 2.45) is 12.5 Å². The van der Waals surface area contributed by atoms with Crippen molar-refractivity contribution in [3.63, 3.8) is 0 Å². The van der Waals surface area contributed by atoms with E-state index in [1.165, 1.54) is 0 Å². The van der Waals surface area contributed by atoms with Crippen LogP contribution in [0.4, 0.5) is 5.69 Å². The Morgan fingerprint density at radius 1 is 1.38 bits per heavy atom. The second-order valence-corrected chi connectivity index (χ2v) is 5.44. The highest BCUT2D eigenvalue weighted by molar-refractivity contribution is 5.74. The molecule has 0 radical (unpaired) electrons. The van der Waals surface area contributed by atoms with Crippen LogP contribution in [0.5, 0.6) is 0 Å². The SMILES string of the molecule is Cn1c(CC(C)(C)C)nc2cc(N)cnc21. The predicted octanol–water partition coefficient (Wildman–Crippen LogP) is 2.14. The van der Waals surface area contributed by atoms with Crippen molar-refractivity contribution in [2.75, 3.05) is 5.73 Å². The van der Waals surface area contributed by atoms with Gasteiger partial charge >= 0.3 is 0 Å². The zero-order chi connectivity index (χ0) is 11.9. The van der Waals surface area contributed by atoms with Crippen LogP contribution in [-0.2, 0) is 13.5 Å². The van der Waals surface area contributed by atoms with E-state index >= 15 is 0 Å². The van der Waals surface area contributed by atoms with Crippen molar-refractivity contribution < 1.29 is 0 Å². The van der Waals surface area contributed by atoms with Crippen molar-refractivity contribution in [3.8, 4) is 0 Å². The Morgan fingerprint density at radius 3 is 2.69 bits per heavy atom. The lowest BCUT2D eigenvalue weighted by atomic mass is 9.92. The number of rotatable bonds is 1. The molecule has 0 atom stereocenters. The maximum Gasteiger partial charge on any atom is 0.159 e. The summed E-state index contributed by atoms with van der Waals surface area (Å²) in [7, 11) is 2.00. The Labute approximate surface area is 95.5 Å². The van der Waals surface area contributed by atoms with Crippen molar-refractivity contribution in [2.45, 2.75) is 27.2 Å². The normalized spacial score (nSPS) is 12.2. The van der Waals surface area contributed by atoms with Gasteiger partial charge in [-0.3, -0.25) is 0 Å². The molecule has 16 heavy (non-hydrogen) atoms. The van der Waals surface area contributed by atoms with Gasteiger partial charge in [0.25, 0.3) is 0 Å². The van der Waals surface area contributed by atoms with Crippen LogP contribution >= 0.6 is 0 Å². The fourth-order valence-corrected chi connectivity index (χ4v) is 1.77. The summed E-state index contributed by atoms with van der Waals surface area (Å²) in [4.78, 5) is 8.89. The number of nitrogen functional groups attached to an aromatic ring is 1. The zero-order valence-electron chi connectivity index (χ0n) is 10.3. The Kier molecular flexibility index (Phi) is 2.37. The second kappa shape index (κ2) is 3.47. The molecule has 0 saturated heterocycles. The van der Waals surface area contributed by atoms with E-state index in [1.54, 1.807) is 6.20 Å². The van der Waals surface area contributed by atoms with Gasteiger partial charge in [0, 0.05) is 13.5 Å². The van der Waals surface area contributed by atoms with Crippen molar-refractivity contribution in [1.29, 1.82) is 0 Å². The molecule has 0 saturated carbocycles. The number of anilines is 1. The van der Waals surface area contributed by atoms with Crippen LogP contribution in [0.25, 0.3) is 11.2 Å². The third-order valence-electron chi connectivity index (χ3n) is 2.51. The van der Waals surface area contributed by atoms with E-state index in [-0.39, 0.29) is 5.41 Å². The third kappa shape index (κ3) is 2.01. The fourth-order valence-electron chi connectivity index (χ4n) is 1.77. The van der Waals surface area contributed by atoms with Crippen LogP contribution in [0.15, 0.2) is 12.3 Å². The molecule has 0 fully saturated rings. The molecule has 2 aromatic heterocycles. The molecule has 2 aromatic rings. The molecule has 4 nitrogen and oxygen atoms in total. The Hall–Kier alpha value is -1.58. The number of fused-ring (bicyclic) bond motifs is 1. The van der Waals surface area contributed by atoms with Gasteiger partial charge in [-0.2, -0.15) is 0 Å². The van der Waals surface area contributed by atoms with Crippen molar-refractivity contribution in [1.82, 2.24) is 14.5 Å². The molecule has 0 aliphatic heterocycles. The number of hydrogen-bond acceptors (Lipinski definition) is 3. The monoisotopic (exact) mass is 218 g/mol. The van der Waals surface area contributed by atoms with Gasteiger partial charge in [0.15, 0.2) is 5.65 Å². The van der Waals surface area contributed by atoms with Crippen LogP contribution < -0.4 is 5.73 Å². The number of aromatic nitrogens is 3. The summed E-state index contributed by atoms with van der Waals surface area (Å²) in [5.41, 5.74) is 8.36. The molecule has 0 aliphatic rings. The highest BCUT2D eigenvalue weighted by Gasteiger charge is 2.17. The Balaban J connectivity index is 2.52. The van der Waals surface area contributed by atoms with E-state index in [9.17, 15) is 0 Å². The molecule has 0 spiro atoms. The highest BCUT2D eigenvalue weighted by Crippen LogP contribution is 2.22. The van der Waals surface area contributed by atoms with E-state index in [1.807, 2.05) is 17.7 Å². The Morgan fingerprint density at radius 2 is 2.06 bits per heavy atom. The van der Waals surface area contributed by atoms with E-state index in [0.717, 1.165) is 23.4 Å². The van der Waals surface area contributed by atoms with Crippen LogP contribution in [0.1, 0.15) is 26.6 Å². The quantitative estimate of drug-likeness (QED) is 0.797. The van der Waals surface area contributed by atoms with E-state index in [0.29, 0.717) is 5.69 Å². The van der Waals surface area contributed by atoms with Gasteiger partial charge in [0.2, 0.25) is 0 Å². The zero-order valence-corrected chi connectivity index (χ0v) is 10.3. The van der Waals surface area contributed by atoms with Gasteiger partial charge in [-0.1, -0.05) is 20.8 Å². The van der Waals surface area contributed by atoms with Crippen LogP contribution in [0.3, 0.4) is 0 Å². The molecule has 0 aliphatic carbocycles. The van der Waals surface area contributed by atoms with Gasteiger partial charge in [0.1, 0.15) is 11.3 Å². The number of pyridine rings is 1. The van der Waals surface area contributed by atoms with E-state index in [2.05, 4.69) is 30.7 Å². The molecular formula is C12H18N4. The third-order valence-corrected chi connectivity index (χ3v) is 2.51. The van der Waals surface area contributed by atoms with Gasteiger partial charge < -0.3 is 10.3 Å². The minimum absolute atomic E-state index is 0.223. The largest absolute Gasteiger partial charge is 0.397 e. The Bertz CT molecular complexity index is 520. The lowest BCUT2D eigenvalue weighted by Crippen LogP contribution is -2.13. The molecule has 0 aromatic carbocycles. The highest BCUT2D eigenvalue weighted by atomic mass is 15.1. The van der Waals surface area contributed by atoms with Gasteiger partial charge in [-0.05, 0) is 11.5 Å². The van der Waals surface area contributed by atoms with Gasteiger partial charge in [0.05, 0.1) is 11.9 Å². The van der Waals surface area contributed by atoms with E-state index in [4.69, 9.17) is 5.73 Å². The summed E-state index contributed by atoms with van der Waals surface area (Å²) in [6, 6.07) is 1.87. The number of aryl methyl sites for hydroxylation is 1. The topological polar surface area (TPSA) is 56.7 Å². The summed E-state index contributed by atoms with van der Waals surface area (Å²) in [6.07, 6.45) is 2.60. The fraction of sp³-hybridized carbons (Fsp3) is 0.500. The minimum Gasteiger partial charge on any atom is -0.397 e. The molecule has 0 unspecified atom stereocenters. The summed E-state index contributed by atoms with van der Waals surface area (Å²) in [6.45, 7) is 6.61. The first-order valence-corrected chi connectivity index (χ1v) is 5.44. The number of hydrogen-bond donors (Lipinski definition) is 1. The molecule has 2 N–H and O–H groups in total. The average Bonchev–Trinajstić information content (AvgIpc) is 2.40. The first-order chi connectivity index (χ1) is 7.37.